The van der Waals surface area contributed by atoms with Crippen molar-refractivity contribution in [1.82, 2.24) is 9.97 Å². The van der Waals surface area contributed by atoms with Crippen LogP contribution in [0.25, 0.3) is 0 Å². The van der Waals surface area contributed by atoms with Gasteiger partial charge in [-0.1, -0.05) is 20.8 Å². The van der Waals surface area contributed by atoms with Crippen LogP contribution in [-0.2, 0) is 4.79 Å². The summed E-state index contributed by atoms with van der Waals surface area (Å²) in [6.07, 6.45) is 5.32. The van der Waals surface area contributed by atoms with Gasteiger partial charge in [0.1, 0.15) is 11.9 Å². The van der Waals surface area contributed by atoms with E-state index < -0.39 is 0 Å². The molecule has 1 aliphatic rings. The van der Waals surface area contributed by atoms with Crippen LogP contribution in [0, 0.1) is 16.7 Å². The number of hydrogen-bond acceptors (Lipinski definition) is 6. The van der Waals surface area contributed by atoms with Gasteiger partial charge in [-0.3, -0.25) is 4.79 Å². The van der Waals surface area contributed by atoms with Gasteiger partial charge in [0, 0.05) is 37.2 Å². The van der Waals surface area contributed by atoms with Crippen LogP contribution in [0.4, 0.5) is 17.2 Å². The molecule has 0 radical (unpaired) electrons. The number of carbonyl (C=O) groups excluding carboxylic acids is 1. The smallest absolute Gasteiger partial charge is 0.243 e. The van der Waals surface area contributed by atoms with E-state index in [1.54, 1.807) is 12.3 Å². The van der Waals surface area contributed by atoms with Crippen LogP contribution in [-0.4, -0.2) is 42.1 Å². The molecule has 1 aliphatic heterocycles. The number of carbonyl (C=O) groups is 1. The number of benzene rings is 1. The Bertz CT molecular complexity index is 891. The van der Waals surface area contributed by atoms with Crippen molar-refractivity contribution >= 4 is 23.1 Å². The first kappa shape index (κ1) is 21.6. The zero-order valence-corrected chi connectivity index (χ0v) is 18.1. The Morgan fingerprint density at radius 1 is 1.17 bits per heavy atom. The van der Waals surface area contributed by atoms with E-state index in [1.807, 2.05) is 23.1 Å². The fourth-order valence-corrected chi connectivity index (χ4v) is 3.65. The van der Waals surface area contributed by atoms with Gasteiger partial charge >= 0.3 is 0 Å². The molecule has 3 rings (SSSR count). The summed E-state index contributed by atoms with van der Waals surface area (Å²) in [6, 6.07) is 11.7. The second-order valence-corrected chi connectivity index (χ2v) is 8.91. The Balaban J connectivity index is 1.67. The number of hydrogen-bond donors (Lipinski definition) is 1. The number of nitriles is 1. The Hall–Kier alpha value is -3.14. The van der Waals surface area contributed by atoms with Gasteiger partial charge in [0.05, 0.1) is 6.54 Å². The van der Waals surface area contributed by atoms with Gasteiger partial charge in [-0.05, 0) is 55.0 Å². The molecular weight excluding hydrogens is 376 g/mol. The highest BCUT2D eigenvalue weighted by atomic mass is 16.2. The lowest BCUT2D eigenvalue weighted by Gasteiger charge is -2.30. The van der Waals surface area contributed by atoms with E-state index in [-0.39, 0.29) is 23.7 Å². The quantitative estimate of drug-likeness (QED) is 0.785. The molecule has 0 saturated carbocycles. The molecule has 1 aromatic heterocycles. The first-order chi connectivity index (χ1) is 14.3. The molecule has 158 valence electrons. The van der Waals surface area contributed by atoms with Crippen molar-refractivity contribution in [3.8, 4) is 6.07 Å². The maximum absolute atomic E-state index is 12.8. The molecule has 30 heavy (non-hydrogen) atoms. The van der Waals surface area contributed by atoms with Crippen LogP contribution < -0.4 is 15.1 Å². The minimum absolute atomic E-state index is 0.0475. The highest BCUT2D eigenvalue weighted by Gasteiger charge is 2.21. The molecule has 7 heteroatoms. The lowest BCUT2D eigenvalue weighted by Crippen LogP contribution is -2.39. The highest BCUT2D eigenvalue weighted by Crippen LogP contribution is 2.23. The molecular formula is C23H30N6O. The third kappa shape index (κ3) is 6.18. The number of piperidine rings is 1. The van der Waals surface area contributed by atoms with Crippen molar-refractivity contribution in [1.29, 1.82) is 5.26 Å². The lowest BCUT2D eigenvalue weighted by atomic mass is 9.96. The van der Waals surface area contributed by atoms with Gasteiger partial charge in [0.25, 0.3) is 0 Å². The van der Waals surface area contributed by atoms with Gasteiger partial charge in [-0.25, -0.2) is 9.97 Å². The van der Waals surface area contributed by atoms with E-state index in [0.717, 1.165) is 18.8 Å². The summed E-state index contributed by atoms with van der Waals surface area (Å²) in [5.41, 5.74) is 1.93. The molecule has 0 bridgehead atoms. The summed E-state index contributed by atoms with van der Waals surface area (Å²) in [6.45, 7) is 9.26. The number of rotatable bonds is 6. The fraction of sp³-hybridized carbons (Fsp3) is 0.478. The predicted octanol–water partition coefficient (Wildman–Crippen LogP) is 3.83. The molecule has 0 unspecified atom stereocenters. The molecule has 0 atom stereocenters. The van der Waals surface area contributed by atoms with Gasteiger partial charge in [0.15, 0.2) is 0 Å². The average molecular weight is 407 g/mol. The molecule has 1 amide bonds. The van der Waals surface area contributed by atoms with Crippen LogP contribution in [0.15, 0.2) is 36.5 Å². The lowest BCUT2D eigenvalue weighted by molar-refractivity contribution is -0.115. The summed E-state index contributed by atoms with van der Waals surface area (Å²) in [5, 5.41) is 12.1. The van der Waals surface area contributed by atoms with Crippen molar-refractivity contribution in [2.75, 3.05) is 41.3 Å². The van der Waals surface area contributed by atoms with Crippen molar-refractivity contribution in [2.45, 2.75) is 40.0 Å². The molecule has 1 N–H and O–H groups in total. The van der Waals surface area contributed by atoms with E-state index >= 15 is 0 Å². The topological polar surface area (TPSA) is 85.2 Å². The van der Waals surface area contributed by atoms with Crippen molar-refractivity contribution in [3.63, 3.8) is 0 Å². The molecule has 7 nitrogen and oxygen atoms in total. The van der Waals surface area contributed by atoms with Crippen LogP contribution in [0.1, 0.15) is 45.9 Å². The van der Waals surface area contributed by atoms with Crippen LogP contribution in [0.5, 0.6) is 0 Å². The van der Waals surface area contributed by atoms with Gasteiger partial charge < -0.3 is 15.1 Å². The molecule has 2 heterocycles. The summed E-state index contributed by atoms with van der Waals surface area (Å²) < 4.78 is 0. The number of aromatic nitrogens is 2. The third-order valence-corrected chi connectivity index (χ3v) is 4.94. The monoisotopic (exact) mass is 406 g/mol. The Morgan fingerprint density at radius 3 is 2.50 bits per heavy atom. The number of nitrogens with zero attached hydrogens (tertiary/aromatic N) is 5. The summed E-state index contributed by atoms with van der Waals surface area (Å²) in [7, 11) is 0. The van der Waals surface area contributed by atoms with Crippen molar-refractivity contribution in [2.24, 2.45) is 5.41 Å². The van der Waals surface area contributed by atoms with Crippen LogP contribution in [0.3, 0.4) is 0 Å². The SMILES string of the molecule is CC(C)(C)CN(CC(=O)Nc1ccc(N2CCCCC2)cc1)c1ccnc(C#N)n1. The summed E-state index contributed by atoms with van der Waals surface area (Å²) in [4.78, 5) is 25.2. The second kappa shape index (κ2) is 9.57. The van der Waals surface area contributed by atoms with Crippen LogP contribution >= 0.6 is 0 Å². The zero-order valence-electron chi connectivity index (χ0n) is 18.1. The number of amides is 1. The molecule has 1 saturated heterocycles. The maximum atomic E-state index is 12.8. The maximum Gasteiger partial charge on any atom is 0.243 e. The van der Waals surface area contributed by atoms with E-state index in [2.05, 4.69) is 53.1 Å². The van der Waals surface area contributed by atoms with Gasteiger partial charge in [-0.15, -0.1) is 0 Å². The second-order valence-electron chi connectivity index (χ2n) is 8.91. The van der Waals surface area contributed by atoms with Gasteiger partial charge in [-0.2, -0.15) is 5.26 Å². The Morgan fingerprint density at radius 2 is 1.87 bits per heavy atom. The minimum Gasteiger partial charge on any atom is -0.372 e. The van der Waals surface area contributed by atoms with E-state index in [4.69, 9.17) is 5.26 Å². The molecule has 2 aromatic rings. The standard InChI is InChI=1S/C23H30N6O/c1-23(2,3)17-29(21-11-12-25-20(15-24)27-21)16-22(30)26-18-7-9-19(10-8-18)28-13-5-4-6-14-28/h7-12H,4-6,13-14,16-17H2,1-3H3,(H,26,30). The normalized spacial score (nSPS) is 14.1. The average Bonchev–Trinajstić information content (AvgIpc) is 2.73. The molecule has 1 aromatic carbocycles. The first-order valence-electron chi connectivity index (χ1n) is 10.5. The summed E-state index contributed by atoms with van der Waals surface area (Å²) in [5.74, 6) is 0.550. The van der Waals surface area contributed by atoms with Crippen molar-refractivity contribution < 1.29 is 4.79 Å². The van der Waals surface area contributed by atoms with E-state index in [0.29, 0.717) is 12.4 Å². The van der Waals surface area contributed by atoms with E-state index in [9.17, 15) is 4.79 Å². The fourth-order valence-electron chi connectivity index (χ4n) is 3.65. The Kier molecular flexibility index (Phi) is 6.88. The zero-order chi connectivity index (χ0) is 21.6. The molecule has 1 fully saturated rings. The third-order valence-electron chi connectivity index (χ3n) is 4.94. The van der Waals surface area contributed by atoms with Crippen molar-refractivity contribution in [3.05, 3.63) is 42.4 Å². The van der Waals surface area contributed by atoms with Gasteiger partial charge in [0.2, 0.25) is 11.7 Å². The Labute approximate surface area is 178 Å². The summed E-state index contributed by atoms with van der Waals surface area (Å²) >= 11 is 0. The number of anilines is 3. The minimum atomic E-state index is -0.123. The van der Waals surface area contributed by atoms with Crippen LogP contribution in [0.2, 0.25) is 0 Å². The molecule has 0 aliphatic carbocycles. The largest absolute Gasteiger partial charge is 0.372 e. The highest BCUT2D eigenvalue weighted by molar-refractivity contribution is 5.94. The predicted molar refractivity (Wildman–Crippen MR) is 120 cm³/mol. The molecule has 0 spiro atoms. The first-order valence-corrected chi connectivity index (χ1v) is 10.5. The van der Waals surface area contributed by atoms with E-state index in [1.165, 1.54) is 24.9 Å². The number of nitrogens with one attached hydrogen (secondary N) is 1.